The number of anilines is 1. The lowest BCUT2D eigenvalue weighted by Crippen LogP contribution is -2.24. The van der Waals surface area contributed by atoms with E-state index >= 15 is 0 Å². The summed E-state index contributed by atoms with van der Waals surface area (Å²) in [7, 11) is 1.48. The summed E-state index contributed by atoms with van der Waals surface area (Å²) in [5.41, 5.74) is 1.69. The molecule has 3 N–H and O–H groups in total. The van der Waals surface area contributed by atoms with Crippen LogP contribution in [0, 0.1) is 0 Å². The lowest BCUT2D eigenvalue weighted by atomic mass is 10.0. The van der Waals surface area contributed by atoms with Gasteiger partial charge in [-0.15, -0.1) is 0 Å². The van der Waals surface area contributed by atoms with Crippen molar-refractivity contribution >= 4 is 29.1 Å². The number of hydrogen-bond acceptors (Lipinski definition) is 4. The molecule has 2 aromatic rings. The smallest absolute Gasteiger partial charge is 0.361 e. The molecular weight excluding hydrogens is 537 g/mol. The minimum atomic E-state index is -4.56. The molecule has 5 nitrogen and oxygen atoms in total. The third-order valence-corrected chi connectivity index (χ3v) is 6.01. The molecule has 2 aromatic carbocycles. The van der Waals surface area contributed by atoms with E-state index in [4.69, 9.17) is 0 Å². The molecule has 0 heterocycles. The second-order valence-electron chi connectivity index (χ2n) is 9.81. The number of rotatable bonds is 13. The Bertz CT molecular complexity index is 1270. The molecule has 0 radical (unpaired) electrons. The second kappa shape index (κ2) is 18.5. The van der Waals surface area contributed by atoms with E-state index in [1.807, 2.05) is 37.3 Å². The molecule has 0 unspecified atom stereocenters. The van der Waals surface area contributed by atoms with E-state index in [0.717, 1.165) is 31.0 Å². The van der Waals surface area contributed by atoms with E-state index < -0.39 is 17.6 Å². The standard InChI is InChI=1S/C31H37F3N4O.C3H6/c1-5-7-19-36-21-24(12-6-2)13-11-14-25-17-18-27(20-29(25)31(32,33)34)37-22-28(30(39)35-4)23(3)38-26-15-9-8-10-16-26;1-2-3-1/h6,8-18,20,22,36-37H,5,7,19,21H2,1-4H3,(H,35,39);1-3H2/b12-6-,14-11+,24-13+,28-22+,38-23?;. The number of benzene rings is 2. The Morgan fingerprint density at radius 2 is 1.79 bits per heavy atom. The topological polar surface area (TPSA) is 65.5 Å². The molecule has 0 bridgehead atoms. The number of amides is 1. The zero-order valence-corrected chi connectivity index (χ0v) is 25.0. The van der Waals surface area contributed by atoms with Gasteiger partial charge in [-0.05, 0) is 62.2 Å². The van der Waals surface area contributed by atoms with Crippen LogP contribution in [-0.4, -0.2) is 31.8 Å². The molecule has 1 fully saturated rings. The number of allylic oxidation sites excluding steroid dienone is 3. The molecule has 0 atom stereocenters. The van der Waals surface area contributed by atoms with Gasteiger partial charge in [0.05, 0.1) is 22.5 Å². The van der Waals surface area contributed by atoms with Crippen LogP contribution in [0.5, 0.6) is 0 Å². The SMILES string of the molecule is C1CC1.C\C=C/C(=C\C=C\c1ccc(N/C=C(/C(=O)NC)C(C)=Nc2ccccc2)cc1C(F)(F)F)CNCCCC. The zero-order valence-electron chi connectivity index (χ0n) is 25.0. The Hall–Kier alpha value is -3.91. The Morgan fingerprint density at radius 3 is 2.38 bits per heavy atom. The van der Waals surface area contributed by atoms with Crippen molar-refractivity contribution in [2.45, 2.75) is 59.1 Å². The minimum absolute atomic E-state index is 0.0420. The van der Waals surface area contributed by atoms with E-state index in [1.165, 1.54) is 44.7 Å². The molecule has 0 aliphatic heterocycles. The van der Waals surface area contributed by atoms with Gasteiger partial charge in [0.2, 0.25) is 0 Å². The van der Waals surface area contributed by atoms with Gasteiger partial charge in [-0.2, -0.15) is 13.2 Å². The maximum Gasteiger partial charge on any atom is 0.417 e. The summed E-state index contributed by atoms with van der Waals surface area (Å²) in [6.07, 6.45) is 12.2. The first kappa shape index (κ1) is 34.3. The van der Waals surface area contributed by atoms with Crippen molar-refractivity contribution in [2.75, 3.05) is 25.5 Å². The van der Waals surface area contributed by atoms with Gasteiger partial charge in [-0.3, -0.25) is 9.79 Å². The van der Waals surface area contributed by atoms with Gasteiger partial charge in [-0.1, -0.05) is 87.3 Å². The number of nitrogens with one attached hydrogen (secondary N) is 3. The van der Waals surface area contributed by atoms with E-state index in [9.17, 15) is 18.0 Å². The van der Waals surface area contributed by atoms with E-state index in [-0.39, 0.29) is 16.8 Å². The van der Waals surface area contributed by atoms with Gasteiger partial charge < -0.3 is 16.0 Å². The third kappa shape index (κ3) is 13.2. The monoisotopic (exact) mass is 580 g/mol. The summed E-state index contributed by atoms with van der Waals surface area (Å²) in [4.78, 5) is 16.9. The fourth-order valence-electron chi connectivity index (χ4n) is 3.62. The maximum absolute atomic E-state index is 13.9. The highest BCUT2D eigenvalue weighted by atomic mass is 19.4. The summed E-state index contributed by atoms with van der Waals surface area (Å²) in [5, 5.41) is 8.71. The fraction of sp³-hybridized carbons (Fsp3) is 0.353. The maximum atomic E-state index is 13.9. The van der Waals surface area contributed by atoms with Crippen molar-refractivity contribution in [3.63, 3.8) is 0 Å². The highest BCUT2D eigenvalue weighted by Crippen LogP contribution is 2.34. The zero-order chi connectivity index (χ0) is 30.8. The predicted molar refractivity (Wildman–Crippen MR) is 170 cm³/mol. The summed E-state index contributed by atoms with van der Waals surface area (Å²) in [5.74, 6) is -0.414. The van der Waals surface area contributed by atoms with Crippen molar-refractivity contribution in [2.24, 2.45) is 4.99 Å². The number of aliphatic imine (C=N–C) groups is 1. The molecule has 1 saturated carbocycles. The van der Waals surface area contributed by atoms with Crippen LogP contribution in [0.2, 0.25) is 0 Å². The van der Waals surface area contributed by atoms with Crippen LogP contribution in [0.1, 0.15) is 64.0 Å². The van der Waals surface area contributed by atoms with Crippen molar-refractivity contribution in [1.29, 1.82) is 0 Å². The van der Waals surface area contributed by atoms with Crippen molar-refractivity contribution in [3.05, 3.63) is 101 Å². The molecule has 0 spiro atoms. The van der Waals surface area contributed by atoms with Crippen molar-refractivity contribution in [3.8, 4) is 0 Å². The van der Waals surface area contributed by atoms with Gasteiger partial charge in [0, 0.05) is 25.5 Å². The number of halogens is 3. The average Bonchev–Trinajstić information content (AvgIpc) is 3.86. The number of para-hydroxylation sites is 1. The van der Waals surface area contributed by atoms with E-state index in [2.05, 4.69) is 27.9 Å². The quantitative estimate of drug-likeness (QED) is 0.0962. The Balaban J connectivity index is 0.00000192. The first-order valence-corrected chi connectivity index (χ1v) is 14.4. The van der Waals surface area contributed by atoms with Gasteiger partial charge in [-0.25, -0.2) is 0 Å². The number of unbranched alkanes of at least 4 members (excludes halogenated alkanes) is 1. The summed E-state index contributed by atoms with van der Waals surface area (Å²) < 4.78 is 41.8. The molecule has 3 rings (SSSR count). The Labute approximate surface area is 248 Å². The molecule has 42 heavy (non-hydrogen) atoms. The summed E-state index contributed by atoms with van der Waals surface area (Å²) >= 11 is 0. The van der Waals surface area contributed by atoms with Crippen LogP contribution in [0.3, 0.4) is 0 Å². The molecule has 0 aromatic heterocycles. The molecule has 0 saturated heterocycles. The second-order valence-corrected chi connectivity index (χ2v) is 9.81. The third-order valence-electron chi connectivity index (χ3n) is 6.01. The highest BCUT2D eigenvalue weighted by Gasteiger charge is 2.33. The number of carbonyl (C=O) groups excluding carboxylic acids is 1. The minimum Gasteiger partial charge on any atom is -0.361 e. The van der Waals surface area contributed by atoms with Crippen LogP contribution in [-0.2, 0) is 11.0 Å². The highest BCUT2D eigenvalue weighted by molar-refractivity contribution is 6.21. The van der Waals surface area contributed by atoms with Gasteiger partial charge in [0.1, 0.15) is 0 Å². The molecule has 8 heteroatoms. The van der Waals surface area contributed by atoms with Crippen molar-refractivity contribution < 1.29 is 18.0 Å². The van der Waals surface area contributed by atoms with Crippen LogP contribution in [0.4, 0.5) is 24.5 Å². The summed E-state index contributed by atoms with van der Waals surface area (Å²) in [6.45, 7) is 7.20. The molecular formula is C34H43F3N4O. The molecule has 1 aliphatic rings. The predicted octanol–water partition coefficient (Wildman–Crippen LogP) is 8.62. The number of carbonyl (C=O) groups is 1. The van der Waals surface area contributed by atoms with Crippen molar-refractivity contribution in [1.82, 2.24) is 10.6 Å². The van der Waals surface area contributed by atoms with E-state index in [0.29, 0.717) is 17.9 Å². The number of likely N-dealkylation sites (N-methyl/N-ethyl adjacent to an activating group) is 1. The first-order chi connectivity index (χ1) is 20.2. The lowest BCUT2D eigenvalue weighted by Gasteiger charge is -2.13. The number of alkyl halides is 3. The molecule has 226 valence electrons. The van der Waals surface area contributed by atoms with E-state index in [1.54, 1.807) is 37.3 Å². The van der Waals surface area contributed by atoms with Crippen LogP contribution in [0.25, 0.3) is 6.08 Å². The van der Waals surface area contributed by atoms with Crippen LogP contribution in [0.15, 0.2) is 95.2 Å². The van der Waals surface area contributed by atoms with Gasteiger partial charge in [0.15, 0.2) is 0 Å². The Morgan fingerprint density at radius 1 is 1.07 bits per heavy atom. The van der Waals surface area contributed by atoms with Gasteiger partial charge in [0.25, 0.3) is 5.91 Å². The summed E-state index contributed by atoms with van der Waals surface area (Å²) in [6, 6.07) is 13.1. The van der Waals surface area contributed by atoms with Crippen LogP contribution >= 0.6 is 0 Å². The lowest BCUT2D eigenvalue weighted by molar-refractivity contribution is -0.137. The largest absolute Gasteiger partial charge is 0.417 e. The average molecular weight is 581 g/mol. The molecule has 1 amide bonds. The number of nitrogens with zero attached hydrogens (tertiary/aromatic N) is 1. The number of hydrogen-bond donors (Lipinski definition) is 3. The fourth-order valence-corrected chi connectivity index (χ4v) is 3.62. The molecule has 1 aliphatic carbocycles. The van der Waals surface area contributed by atoms with Crippen LogP contribution < -0.4 is 16.0 Å². The van der Waals surface area contributed by atoms with Gasteiger partial charge >= 0.3 is 6.18 Å². The first-order valence-electron chi connectivity index (χ1n) is 14.4. The normalized spacial score (nSPS) is 14.1. The Kier molecular flexibility index (Phi) is 15.1.